The van der Waals surface area contributed by atoms with Crippen molar-refractivity contribution in [3.05, 3.63) is 114 Å². The van der Waals surface area contributed by atoms with Gasteiger partial charge in [-0.3, -0.25) is 0 Å². The molecule has 0 unspecified atom stereocenters. The van der Waals surface area contributed by atoms with E-state index in [4.69, 9.17) is 21.3 Å². The molecule has 0 saturated carbocycles. The minimum atomic E-state index is -0.0334. The Balaban J connectivity index is 2.09. The molecule has 0 atom stereocenters. The molecule has 2 rings (SSSR count). The molecule has 0 bridgehead atoms. The van der Waals surface area contributed by atoms with Crippen LogP contribution >= 0.6 is 0 Å². The summed E-state index contributed by atoms with van der Waals surface area (Å²) in [5, 5.41) is 18.6. The Morgan fingerprint density at radius 2 is 1.77 bits per heavy atom. The Bertz CT molecular complexity index is 1000. The largest absolute Gasteiger partial charge is 0.509 e. The zero-order chi connectivity index (χ0) is 22.1. The Kier molecular flexibility index (Phi) is 7.94. The molecule has 156 valence electrons. The number of hydrogen-bond donors (Lipinski definition) is 4. The second-order valence-electron chi connectivity index (χ2n) is 6.87. The average molecular weight is 405 g/mol. The van der Waals surface area contributed by atoms with E-state index < -0.39 is 0 Å². The van der Waals surface area contributed by atoms with Gasteiger partial charge in [0.05, 0.1) is 5.70 Å². The quantitative estimate of drug-likeness (QED) is 0.266. The van der Waals surface area contributed by atoms with Crippen LogP contribution in [0.2, 0.25) is 0 Å². The number of ether oxygens (including phenoxy) is 1. The highest BCUT2D eigenvalue weighted by Crippen LogP contribution is 2.23. The van der Waals surface area contributed by atoms with Crippen molar-refractivity contribution >= 4 is 5.69 Å². The van der Waals surface area contributed by atoms with Gasteiger partial charge in [-0.25, -0.2) is 0 Å². The van der Waals surface area contributed by atoms with Gasteiger partial charge in [-0.05, 0) is 72.9 Å². The van der Waals surface area contributed by atoms with Crippen LogP contribution < -0.4 is 16.2 Å². The van der Waals surface area contributed by atoms with Gasteiger partial charge in [-0.1, -0.05) is 43.0 Å². The number of anilines is 1. The zero-order valence-corrected chi connectivity index (χ0v) is 17.1. The van der Waals surface area contributed by atoms with Crippen LogP contribution in [0, 0.1) is 0 Å². The maximum Gasteiger partial charge on any atom is 0.127 e. The molecule has 0 saturated heterocycles. The molecule has 0 amide bonds. The lowest BCUT2D eigenvalue weighted by Gasteiger charge is -2.11. The third-order valence-corrected chi connectivity index (χ3v) is 4.42. The second kappa shape index (κ2) is 10.6. The fraction of sp³-hybridized carbons (Fsp3) is 0.120. The fourth-order valence-electron chi connectivity index (χ4n) is 2.74. The zero-order valence-electron chi connectivity index (χ0n) is 17.1. The molecular formula is C25H28N2O3. The molecule has 2 aromatic rings. The van der Waals surface area contributed by atoms with E-state index in [-0.39, 0.29) is 11.5 Å². The molecule has 6 N–H and O–H groups in total. The van der Waals surface area contributed by atoms with E-state index in [0.29, 0.717) is 30.0 Å². The second-order valence-corrected chi connectivity index (χ2v) is 6.87. The first-order valence-electron chi connectivity index (χ1n) is 9.46. The first-order chi connectivity index (χ1) is 14.3. The van der Waals surface area contributed by atoms with Crippen LogP contribution in [-0.4, -0.2) is 10.2 Å². The summed E-state index contributed by atoms with van der Waals surface area (Å²) in [5.74, 6) is 0.797. The van der Waals surface area contributed by atoms with E-state index in [1.807, 2.05) is 31.2 Å². The summed E-state index contributed by atoms with van der Waals surface area (Å²) < 4.78 is 5.76. The standard InChI is InChI=1S/C25H28N2O3/c1-4-20(14-19-7-9-22(29)10-8-19)25(27)16-30-23-11-12-24(26)21(15-23)13-17(2)5-6-18(3)28/h4-12,15-16,28-29H,2-3,13-14,26-27H2,1H3/b6-5-,20-4-,25-16+. The molecule has 0 fully saturated rings. The van der Waals surface area contributed by atoms with Crippen molar-refractivity contribution in [3.8, 4) is 11.5 Å². The highest BCUT2D eigenvalue weighted by atomic mass is 16.5. The monoisotopic (exact) mass is 404 g/mol. The molecule has 2 aromatic carbocycles. The number of phenols is 1. The molecule has 0 heterocycles. The van der Waals surface area contributed by atoms with Gasteiger partial charge in [0.2, 0.25) is 0 Å². The van der Waals surface area contributed by atoms with Gasteiger partial charge in [0, 0.05) is 5.69 Å². The molecule has 0 aliphatic rings. The third kappa shape index (κ3) is 6.95. The number of nitrogens with two attached hydrogens (primary N) is 2. The van der Waals surface area contributed by atoms with Gasteiger partial charge in [0.15, 0.2) is 0 Å². The van der Waals surface area contributed by atoms with Crippen LogP contribution in [0.1, 0.15) is 18.1 Å². The van der Waals surface area contributed by atoms with E-state index in [9.17, 15) is 5.11 Å². The van der Waals surface area contributed by atoms with Crippen molar-refractivity contribution < 1.29 is 14.9 Å². The first-order valence-corrected chi connectivity index (χ1v) is 9.46. The van der Waals surface area contributed by atoms with Crippen LogP contribution in [-0.2, 0) is 12.8 Å². The summed E-state index contributed by atoms with van der Waals surface area (Å²) in [7, 11) is 0. The Morgan fingerprint density at radius 1 is 1.07 bits per heavy atom. The van der Waals surface area contributed by atoms with Gasteiger partial charge >= 0.3 is 0 Å². The van der Waals surface area contributed by atoms with Crippen LogP contribution in [0.25, 0.3) is 0 Å². The van der Waals surface area contributed by atoms with Crippen LogP contribution in [0.3, 0.4) is 0 Å². The minimum Gasteiger partial charge on any atom is -0.509 e. The van der Waals surface area contributed by atoms with Crippen LogP contribution in [0.15, 0.2) is 103 Å². The molecule has 30 heavy (non-hydrogen) atoms. The fourth-order valence-corrected chi connectivity index (χ4v) is 2.74. The SMILES string of the molecule is C=C(O)/C=C\C(=C)Cc1cc(O/C=C(N)\C(=C/C)Cc2ccc(O)cc2)ccc1N. The lowest BCUT2D eigenvalue weighted by Crippen LogP contribution is -2.06. The van der Waals surface area contributed by atoms with Crippen molar-refractivity contribution in [2.24, 2.45) is 5.73 Å². The van der Waals surface area contributed by atoms with Crippen LogP contribution in [0.5, 0.6) is 11.5 Å². The summed E-state index contributed by atoms with van der Waals surface area (Å²) in [6, 6.07) is 12.4. The molecule has 5 heteroatoms. The third-order valence-electron chi connectivity index (χ3n) is 4.42. The Labute approximate surface area is 177 Å². The Hall–Kier alpha value is -3.86. The highest BCUT2D eigenvalue weighted by Gasteiger charge is 2.06. The summed E-state index contributed by atoms with van der Waals surface area (Å²) >= 11 is 0. The molecule has 0 radical (unpaired) electrons. The predicted octanol–water partition coefficient (Wildman–Crippen LogP) is 5.07. The number of benzene rings is 2. The molecule has 5 nitrogen and oxygen atoms in total. The van der Waals surface area contributed by atoms with Gasteiger partial charge in [-0.15, -0.1) is 0 Å². The number of allylic oxidation sites excluding steroid dienone is 5. The van der Waals surface area contributed by atoms with E-state index in [2.05, 4.69) is 13.2 Å². The van der Waals surface area contributed by atoms with Crippen molar-refractivity contribution in [1.29, 1.82) is 0 Å². The summed E-state index contributed by atoms with van der Waals surface area (Å²) in [6.45, 7) is 9.28. The van der Waals surface area contributed by atoms with Gasteiger partial charge < -0.3 is 26.4 Å². The highest BCUT2D eigenvalue weighted by molar-refractivity contribution is 5.52. The maximum absolute atomic E-state index is 9.41. The maximum atomic E-state index is 9.41. The van der Waals surface area contributed by atoms with E-state index in [1.54, 1.807) is 30.3 Å². The lowest BCUT2D eigenvalue weighted by molar-refractivity contribution is 0.435. The van der Waals surface area contributed by atoms with Gasteiger partial charge in [-0.2, -0.15) is 0 Å². The van der Waals surface area contributed by atoms with Crippen molar-refractivity contribution in [1.82, 2.24) is 0 Å². The number of aliphatic hydroxyl groups excluding tert-OH is 1. The van der Waals surface area contributed by atoms with Crippen molar-refractivity contribution in [3.63, 3.8) is 0 Å². The lowest BCUT2D eigenvalue weighted by atomic mass is 10.0. The van der Waals surface area contributed by atoms with Crippen molar-refractivity contribution in [2.45, 2.75) is 19.8 Å². The molecule has 0 aliphatic heterocycles. The normalized spacial score (nSPS) is 12.2. The first kappa shape index (κ1) is 22.4. The topological polar surface area (TPSA) is 102 Å². The summed E-state index contributed by atoms with van der Waals surface area (Å²) in [4.78, 5) is 0. The van der Waals surface area contributed by atoms with Gasteiger partial charge in [0.25, 0.3) is 0 Å². The number of aromatic hydroxyl groups is 1. The van der Waals surface area contributed by atoms with E-state index >= 15 is 0 Å². The number of rotatable bonds is 9. The average Bonchev–Trinajstić information content (AvgIpc) is 2.72. The summed E-state index contributed by atoms with van der Waals surface area (Å²) in [5.41, 5.74) is 17.0. The minimum absolute atomic E-state index is 0.0334. The van der Waals surface area contributed by atoms with E-state index in [1.165, 1.54) is 12.3 Å². The summed E-state index contributed by atoms with van der Waals surface area (Å²) in [6.07, 6.45) is 7.74. The van der Waals surface area contributed by atoms with Crippen molar-refractivity contribution in [2.75, 3.05) is 5.73 Å². The number of aliphatic hydroxyl groups is 1. The molecular weight excluding hydrogens is 376 g/mol. The smallest absolute Gasteiger partial charge is 0.127 e. The number of hydrogen-bond acceptors (Lipinski definition) is 5. The molecule has 0 aromatic heterocycles. The number of phenolic OH excluding ortho intramolecular Hbond substituents is 1. The predicted molar refractivity (Wildman–Crippen MR) is 123 cm³/mol. The van der Waals surface area contributed by atoms with Crippen LogP contribution in [0.4, 0.5) is 5.69 Å². The number of nitrogen functional groups attached to an aromatic ring is 1. The van der Waals surface area contributed by atoms with E-state index in [0.717, 1.165) is 22.3 Å². The Morgan fingerprint density at radius 3 is 2.40 bits per heavy atom. The molecule has 0 spiro atoms. The molecule has 0 aliphatic carbocycles. The van der Waals surface area contributed by atoms with Gasteiger partial charge in [0.1, 0.15) is 23.5 Å².